The first kappa shape index (κ1) is 18.9. The number of nitrogens with zero attached hydrogens (tertiary/aromatic N) is 1. The molecule has 0 saturated carbocycles. The van der Waals surface area contributed by atoms with Crippen LogP contribution in [0.25, 0.3) is 0 Å². The molecule has 128 valence electrons. The van der Waals surface area contributed by atoms with Crippen molar-refractivity contribution in [3.05, 3.63) is 39.4 Å². The minimum Gasteiger partial charge on any atom is -0.444 e. The summed E-state index contributed by atoms with van der Waals surface area (Å²) < 4.78 is 5.19. The van der Waals surface area contributed by atoms with E-state index < -0.39 is 22.0 Å². The molecule has 7 heteroatoms. The van der Waals surface area contributed by atoms with Gasteiger partial charge in [-0.3, -0.25) is 10.1 Å². The van der Waals surface area contributed by atoms with Gasteiger partial charge in [-0.15, -0.1) is 0 Å². The van der Waals surface area contributed by atoms with E-state index in [0.717, 1.165) is 5.56 Å². The molecule has 3 N–H and O–H groups in total. The van der Waals surface area contributed by atoms with E-state index in [4.69, 9.17) is 10.5 Å². The molecule has 0 aliphatic heterocycles. The molecule has 0 spiro atoms. The van der Waals surface area contributed by atoms with Crippen LogP contribution >= 0.6 is 0 Å². The fraction of sp³-hybridized carbons (Fsp3) is 0.562. The summed E-state index contributed by atoms with van der Waals surface area (Å²) in [6, 6.07) is 4.88. The van der Waals surface area contributed by atoms with Crippen LogP contribution in [0.4, 0.5) is 10.5 Å². The van der Waals surface area contributed by atoms with Gasteiger partial charge in [0.15, 0.2) is 0 Å². The van der Waals surface area contributed by atoms with Crippen molar-refractivity contribution in [2.24, 2.45) is 5.73 Å². The lowest BCUT2D eigenvalue weighted by Gasteiger charge is -2.29. The lowest BCUT2D eigenvalue weighted by Crippen LogP contribution is -2.45. The number of aryl methyl sites for hydroxylation is 1. The number of hydrogen-bond acceptors (Lipinski definition) is 5. The molecule has 0 radical (unpaired) electrons. The van der Waals surface area contributed by atoms with E-state index in [0.29, 0.717) is 5.56 Å². The largest absolute Gasteiger partial charge is 0.444 e. The van der Waals surface area contributed by atoms with Gasteiger partial charge in [0.05, 0.1) is 4.92 Å². The number of carbonyl (C=O) groups is 1. The summed E-state index contributed by atoms with van der Waals surface area (Å²) in [5, 5.41) is 13.9. The number of nitro groups is 1. The molecule has 0 aliphatic carbocycles. The molecule has 0 saturated heterocycles. The first-order valence-corrected chi connectivity index (χ1v) is 7.41. The summed E-state index contributed by atoms with van der Waals surface area (Å²) in [5.74, 6) is 0. The van der Waals surface area contributed by atoms with Gasteiger partial charge in [0.25, 0.3) is 5.69 Å². The number of alkyl carbamates (subject to hydrolysis) is 1. The molecular weight excluding hydrogens is 298 g/mol. The minimum atomic E-state index is -0.772. The molecule has 23 heavy (non-hydrogen) atoms. The standard InChI is InChI=1S/C16H25N3O4/c1-11-6-7-13(19(21)22)12(8-11)16(5,9-17)10-18-14(20)23-15(2,3)4/h6-8H,9-10,17H2,1-5H3,(H,18,20). The Labute approximate surface area is 136 Å². The first-order chi connectivity index (χ1) is 10.5. The normalized spacial score (nSPS) is 14.0. The Morgan fingerprint density at radius 1 is 1.35 bits per heavy atom. The molecule has 1 atom stereocenters. The van der Waals surface area contributed by atoms with Crippen molar-refractivity contribution in [1.29, 1.82) is 0 Å². The van der Waals surface area contributed by atoms with E-state index in [9.17, 15) is 14.9 Å². The van der Waals surface area contributed by atoms with E-state index >= 15 is 0 Å². The average Bonchev–Trinajstić information content (AvgIpc) is 2.42. The lowest BCUT2D eigenvalue weighted by atomic mass is 9.80. The van der Waals surface area contributed by atoms with Gasteiger partial charge in [0, 0.05) is 30.1 Å². The van der Waals surface area contributed by atoms with Crippen LogP contribution in [-0.2, 0) is 10.2 Å². The van der Waals surface area contributed by atoms with Crippen LogP contribution in [0.15, 0.2) is 18.2 Å². The van der Waals surface area contributed by atoms with Crippen molar-refractivity contribution in [3.63, 3.8) is 0 Å². The van der Waals surface area contributed by atoms with Crippen molar-refractivity contribution < 1.29 is 14.5 Å². The first-order valence-electron chi connectivity index (χ1n) is 7.41. The number of carbonyl (C=O) groups excluding carboxylic acids is 1. The molecule has 0 fully saturated rings. The SMILES string of the molecule is Cc1ccc([N+](=O)[O-])c(C(C)(CN)CNC(=O)OC(C)(C)C)c1. The van der Waals surface area contributed by atoms with Gasteiger partial charge in [-0.25, -0.2) is 4.79 Å². The van der Waals surface area contributed by atoms with Crippen LogP contribution in [-0.4, -0.2) is 29.7 Å². The van der Waals surface area contributed by atoms with Crippen molar-refractivity contribution in [2.45, 2.75) is 45.6 Å². The summed E-state index contributed by atoms with van der Waals surface area (Å²) in [4.78, 5) is 22.7. The van der Waals surface area contributed by atoms with Gasteiger partial charge in [0.2, 0.25) is 0 Å². The third-order valence-corrected chi connectivity index (χ3v) is 3.47. The highest BCUT2D eigenvalue weighted by Gasteiger charge is 2.33. The molecule has 1 rings (SSSR count). The Bertz CT molecular complexity index is 595. The number of amides is 1. The zero-order valence-corrected chi connectivity index (χ0v) is 14.3. The van der Waals surface area contributed by atoms with Crippen LogP contribution in [0.3, 0.4) is 0 Å². The lowest BCUT2D eigenvalue weighted by molar-refractivity contribution is -0.386. The molecule has 1 amide bonds. The third-order valence-electron chi connectivity index (χ3n) is 3.47. The Kier molecular flexibility index (Phi) is 5.71. The quantitative estimate of drug-likeness (QED) is 0.640. The maximum absolute atomic E-state index is 11.8. The average molecular weight is 323 g/mol. The minimum absolute atomic E-state index is 0.00506. The van der Waals surface area contributed by atoms with Crippen molar-refractivity contribution in [2.75, 3.05) is 13.1 Å². The maximum Gasteiger partial charge on any atom is 0.407 e. The summed E-state index contributed by atoms with van der Waals surface area (Å²) >= 11 is 0. The van der Waals surface area contributed by atoms with E-state index in [-0.39, 0.29) is 18.8 Å². The van der Waals surface area contributed by atoms with Crippen molar-refractivity contribution in [3.8, 4) is 0 Å². The molecule has 1 aromatic carbocycles. The summed E-state index contributed by atoms with van der Waals surface area (Å²) in [6.07, 6.45) is -0.576. The fourth-order valence-corrected chi connectivity index (χ4v) is 2.15. The monoisotopic (exact) mass is 323 g/mol. The number of benzene rings is 1. The highest BCUT2D eigenvalue weighted by Crippen LogP contribution is 2.31. The zero-order chi connectivity index (χ0) is 17.8. The molecule has 1 unspecified atom stereocenters. The van der Waals surface area contributed by atoms with Crippen molar-refractivity contribution in [1.82, 2.24) is 5.32 Å². The van der Waals surface area contributed by atoms with Crippen LogP contribution in [0, 0.1) is 17.0 Å². The Morgan fingerprint density at radius 2 is 1.96 bits per heavy atom. The van der Waals surface area contributed by atoms with Crippen LogP contribution in [0.2, 0.25) is 0 Å². The van der Waals surface area contributed by atoms with E-state index in [1.54, 1.807) is 39.8 Å². The third kappa shape index (κ3) is 5.21. The van der Waals surface area contributed by atoms with E-state index in [2.05, 4.69) is 5.32 Å². The number of nitrogens with two attached hydrogens (primary N) is 1. The highest BCUT2D eigenvalue weighted by atomic mass is 16.6. The van der Waals surface area contributed by atoms with Gasteiger partial charge >= 0.3 is 6.09 Å². The number of nitrogens with one attached hydrogen (secondary N) is 1. The maximum atomic E-state index is 11.8. The molecule has 0 bridgehead atoms. The van der Waals surface area contributed by atoms with Gasteiger partial charge < -0.3 is 15.8 Å². The van der Waals surface area contributed by atoms with Gasteiger partial charge in [-0.1, -0.05) is 18.6 Å². The second-order valence-corrected chi connectivity index (χ2v) is 6.90. The van der Waals surface area contributed by atoms with E-state index in [1.807, 2.05) is 6.92 Å². The van der Waals surface area contributed by atoms with Crippen LogP contribution < -0.4 is 11.1 Å². The molecule has 0 aliphatic rings. The van der Waals surface area contributed by atoms with Crippen molar-refractivity contribution >= 4 is 11.8 Å². The molecule has 0 heterocycles. The summed E-state index contributed by atoms with van der Waals surface area (Å²) in [7, 11) is 0. The van der Waals surface area contributed by atoms with Gasteiger partial charge in [-0.05, 0) is 33.8 Å². The zero-order valence-electron chi connectivity index (χ0n) is 14.3. The number of hydrogen-bond donors (Lipinski definition) is 2. The van der Waals surface area contributed by atoms with Gasteiger partial charge in [-0.2, -0.15) is 0 Å². The number of ether oxygens (including phenoxy) is 1. The van der Waals surface area contributed by atoms with Gasteiger partial charge in [0.1, 0.15) is 5.60 Å². The predicted molar refractivity (Wildman–Crippen MR) is 88.5 cm³/mol. The fourth-order valence-electron chi connectivity index (χ4n) is 2.15. The van der Waals surface area contributed by atoms with Crippen LogP contribution in [0.5, 0.6) is 0 Å². The Morgan fingerprint density at radius 3 is 2.43 bits per heavy atom. The predicted octanol–water partition coefficient (Wildman–Crippen LogP) is 2.64. The molecule has 7 nitrogen and oxygen atoms in total. The second kappa shape index (κ2) is 6.95. The smallest absolute Gasteiger partial charge is 0.407 e. The van der Waals surface area contributed by atoms with Crippen LogP contribution in [0.1, 0.15) is 38.8 Å². The molecular formula is C16H25N3O4. The summed E-state index contributed by atoms with van der Waals surface area (Å²) in [6.45, 7) is 9.22. The molecule has 1 aromatic rings. The number of nitro benzene ring substituents is 1. The Hall–Kier alpha value is -2.15. The van der Waals surface area contributed by atoms with E-state index in [1.165, 1.54) is 6.07 Å². The summed E-state index contributed by atoms with van der Waals surface area (Å²) in [5.41, 5.74) is 5.86. The Balaban J connectivity index is 3.04. The topological polar surface area (TPSA) is 107 Å². The number of rotatable bonds is 5. The highest BCUT2D eigenvalue weighted by molar-refractivity contribution is 5.68. The molecule has 0 aromatic heterocycles. The second-order valence-electron chi connectivity index (χ2n) is 6.90.